The Morgan fingerprint density at radius 1 is 0.857 bits per heavy atom. The molecule has 1 rings (SSSR count). The molecule has 1 aromatic heterocycles. The van der Waals surface area contributed by atoms with Gasteiger partial charge in [-0.05, 0) is 0 Å². The fourth-order valence-electron chi connectivity index (χ4n) is 0.385. The first-order chi connectivity index (χ1) is 3.00. The Morgan fingerprint density at radius 3 is 1.57 bits per heavy atom. The van der Waals surface area contributed by atoms with E-state index in [0.717, 1.165) is 0 Å². The van der Waals surface area contributed by atoms with Crippen molar-refractivity contribution in [3.05, 3.63) is 29.6 Å². The van der Waals surface area contributed by atoms with Crippen LogP contribution in [0.25, 0.3) is 0 Å². The summed E-state index contributed by atoms with van der Waals surface area (Å²) < 4.78 is 0. The summed E-state index contributed by atoms with van der Waals surface area (Å²) in [5.74, 6) is 0. The van der Waals surface area contributed by atoms with Crippen molar-refractivity contribution in [2.24, 2.45) is 0 Å². The fourth-order valence-corrected chi connectivity index (χ4v) is 1.03. The molecule has 0 aromatic carbocycles. The molecular formula is C5H6InSi. The van der Waals surface area contributed by atoms with Crippen LogP contribution >= 0.6 is 0 Å². The zero-order chi connectivity index (χ0) is 4.24. The van der Waals surface area contributed by atoms with Gasteiger partial charge >= 0.3 is 0 Å². The predicted octanol–water partition coefficient (Wildman–Crippen LogP) is 0.376. The fraction of sp³-hybridized carbons (Fsp3) is 0. The summed E-state index contributed by atoms with van der Waals surface area (Å²) in [6, 6.07) is 6.24. The van der Waals surface area contributed by atoms with E-state index in [9.17, 15) is 0 Å². The van der Waals surface area contributed by atoms with Crippen molar-refractivity contribution in [3.8, 4) is 0 Å². The van der Waals surface area contributed by atoms with Gasteiger partial charge in [0.1, 0.15) is 0 Å². The van der Waals surface area contributed by atoms with Gasteiger partial charge in [0.15, 0.2) is 0 Å². The molecule has 0 fully saturated rings. The van der Waals surface area contributed by atoms with Crippen molar-refractivity contribution < 1.29 is 0 Å². The van der Waals surface area contributed by atoms with Gasteiger partial charge in [0.05, 0.1) is 0 Å². The molecule has 0 saturated carbocycles. The van der Waals surface area contributed by atoms with Crippen LogP contribution in [0, 0.1) is 0 Å². The molecule has 0 N–H and O–H groups in total. The minimum atomic E-state index is 0. The normalized spacial score (nSPS) is 6.86. The van der Waals surface area contributed by atoms with Gasteiger partial charge in [-0.2, -0.15) is 0 Å². The van der Waals surface area contributed by atoms with E-state index >= 15 is 0 Å². The van der Waals surface area contributed by atoms with Gasteiger partial charge in [0.2, 0.25) is 0 Å². The standard InChI is InChI=1S/C5H6Si.In/c1-2-4-6-5-3-1;/h1-6H;. The summed E-state index contributed by atoms with van der Waals surface area (Å²) in [6.07, 6.45) is 0. The molecule has 0 aliphatic carbocycles. The Morgan fingerprint density at radius 2 is 1.43 bits per heavy atom. The smallest absolute Gasteiger partial charge is 0.0198 e. The zero-order valence-electron chi connectivity index (χ0n) is 4.04. The maximum Gasteiger partial charge on any atom is 0.0198 e. The first-order valence-corrected chi connectivity index (χ1v) is 3.33. The van der Waals surface area contributed by atoms with E-state index in [0.29, 0.717) is 9.12 Å². The van der Waals surface area contributed by atoms with Crippen LogP contribution in [0.4, 0.5) is 0 Å². The van der Waals surface area contributed by atoms with Crippen molar-refractivity contribution in [3.63, 3.8) is 0 Å². The van der Waals surface area contributed by atoms with E-state index < -0.39 is 0 Å². The van der Waals surface area contributed by atoms with Gasteiger partial charge in [-0.1, -0.05) is 29.6 Å². The average molecular weight is 209 g/mol. The molecule has 0 unspecified atom stereocenters. The van der Waals surface area contributed by atoms with Crippen molar-refractivity contribution in [1.82, 2.24) is 0 Å². The molecule has 3 radical (unpaired) electrons. The Bertz CT molecular complexity index is 80.0. The second kappa shape index (κ2) is 4.59. The molecule has 2 heteroatoms. The van der Waals surface area contributed by atoms with Crippen LogP contribution in [0.5, 0.6) is 0 Å². The predicted molar refractivity (Wildman–Crippen MR) is 34.9 cm³/mol. The Balaban J connectivity index is 0.000000360. The Labute approximate surface area is 64.5 Å². The van der Waals surface area contributed by atoms with Gasteiger partial charge < -0.3 is 0 Å². The molecule has 0 spiro atoms. The quantitative estimate of drug-likeness (QED) is 0.541. The van der Waals surface area contributed by atoms with Crippen molar-refractivity contribution >= 4 is 35.0 Å². The van der Waals surface area contributed by atoms with Crippen molar-refractivity contribution in [2.75, 3.05) is 0 Å². The topological polar surface area (TPSA) is 0 Å². The summed E-state index contributed by atoms with van der Waals surface area (Å²) in [6.45, 7) is 0. The second-order valence-corrected chi connectivity index (χ2v) is 2.31. The molecular weight excluding hydrogens is 203 g/mol. The Kier molecular flexibility index (Phi) is 4.88. The van der Waals surface area contributed by atoms with Crippen LogP contribution in [-0.4, -0.2) is 35.0 Å². The molecule has 7 heavy (non-hydrogen) atoms. The second-order valence-electron chi connectivity index (χ2n) is 1.15. The monoisotopic (exact) mass is 209 g/mol. The van der Waals surface area contributed by atoms with E-state index in [-0.39, 0.29) is 25.8 Å². The molecule has 0 aliphatic heterocycles. The van der Waals surface area contributed by atoms with E-state index in [4.69, 9.17) is 0 Å². The molecule has 0 amide bonds. The molecule has 1 heterocycles. The number of hydrogen-bond acceptors (Lipinski definition) is 0. The molecule has 1 aromatic rings. The number of rotatable bonds is 0. The van der Waals surface area contributed by atoms with E-state index in [2.05, 4.69) is 29.6 Å². The SMILES string of the molecule is [In].c1cc[siH]cc1. The molecule has 0 nitrogen and oxygen atoms in total. The summed E-state index contributed by atoms with van der Waals surface area (Å²) in [4.78, 5) is 0. The van der Waals surface area contributed by atoms with Crippen molar-refractivity contribution in [1.29, 1.82) is 0 Å². The largest absolute Gasteiger partial charge is 0.0805 e. The zero-order valence-corrected chi connectivity index (χ0v) is 8.49. The summed E-state index contributed by atoms with van der Waals surface area (Å²) in [7, 11) is 0.513. The van der Waals surface area contributed by atoms with Crippen molar-refractivity contribution in [2.45, 2.75) is 0 Å². The first kappa shape index (κ1) is 7.44. The number of hydrogen-bond donors (Lipinski definition) is 0. The minimum Gasteiger partial charge on any atom is -0.0805 e. The van der Waals surface area contributed by atoms with Gasteiger partial charge in [-0.25, -0.2) is 0 Å². The van der Waals surface area contributed by atoms with Crippen LogP contribution in [0.1, 0.15) is 0 Å². The third kappa shape index (κ3) is 3.06. The molecule has 0 bridgehead atoms. The third-order valence-electron chi connectivity index (χ3n) is 0.667. The molecule has 0 aliphatic rings. The van der Waals surface area contributed by atoms with Crippen LogP contribution in [0.2, 0.25) is 0 Å². The molecule has 0 atom stereocenters. The summed E-state index contributed by atoms with van der Waals surface area (Å²) >= 11 is 0. The van der Waals surface area contributed by atoms with Gasteiger partial charge in [0, 0.05) is 35.0 Å². The van der Waals surface area contributed by atoms with Crippen LogP contribution in [0.3, 0.4) is 0 Å². The molecule has 33 valence electrons. The van der Waals surface area contributed by atoms with Crippen LogP contribution < -0.4 is 0 Å². The van der Waals surface area contributed by atoms with E-state index in [1.807, 2.05) is 0 Å². The maximum absolute atomic E-state index is 2.21. The molecule has 0 saturated heterocycles. The van der Waals surface area contributed by atoms with Crippen LogP contribution in [-0.2, 0) is 0 Å². The third-order valence-corrected chi connectivity index (χ3v) is 1.56. The van der Waals surface area contributed by atoms with Gasteiger partial charge in [0.25, 0.3) is 0 Å². The van der Waals surface area contributed by atoms with Gasteiger partial charge in [-0.15, -0.1) is 0 Å². The first-order valence-electron chi connectivity index (χ1n) is 2.00. The average Bonchev–Trinajstić information content (AvgIpc) is 1.72. The van der Waals surface area contributed by atoms with Crippen LogP contribution in [0.15, 0.2) is 29.6 Å². The minimum absolute atomic E-state index is 0. The summed E-state index contributed by atoms with van der Waals surface area (Å²) in [5.41, 5.74) is 4.42. The van der Waals surface area contributed by atoms with E-state index in [1.54, 1.807) is 0 Å². The Hall–Kier alpha value is 0.437. The van der Waals surface area contributed by atoms with E-state index in [1.165, 1.54) is 0 Å². The maximum atomic E-state index is 2.21. The summed E-state index contributed by atoms with van der Waals surface area (Å²) in [5, 5.41) is 0. The van der Waals surface area contributed by atoms with Gasteiger partial charge in [-0.3, -0.25) is 0 Å².